The lowest BCUT2D eigenvalue weighted by atomic mass is 9.92. The summed E-state index contributed by atoms with van der Waals surface area (Å²) < 4.78 is 78.5. The van der Waals surface area contributed by atoms with Crippen LogP contribution in [0.3, 0.4) is 0 Å². The molecular weight excluding hydrogens is 342 g/mol. The van der Waals surface area contributed by atoms with Crippen molar-refractivity contribution in [1.29, 1.82) is 0 Å². The smallest absolute Gasteiger partial charge is 0.166 e. The fourth-order valence-corrected chi connectivity index (χ4v) is 3.14. The van der Waals surface area contributed by atoms with Crippen molar-refractivity contribution in [3.63, 3.8) is 0 Å². The Kier molecular flexibility index (Phi) is 3.97. The van der Waals surface area contributed by atoms with Crippen LogP contribution in [0.5, 0.6) is 0 Å². The minimum Gasteiger partial charge on any atom is -0.166 e. The monoisotopic (exact) mass is 356 g/mol. The maximum Gasteiger partial charge on any atom is 0.416 e. The molecule has 6 heteroatoms. The number of allylic oxidation sites excluding steroid dienone is 1. The summed E-state index contributed by atoms with van der Waals surface area (Å²) in [6.07, 6.45) is -7.24. The predicted molar refractivity (Wildman–Crippen MR) is 84.0 cm³/mol. The van der Waals surface area contributed by atoms with E-state index in [4.69, 9.17) is 0 Å². The summed E-state index contributed by atoms with van der Waals surface area (Å²) in [5.41, 5.74) is 1.13. The van der Waals surface area contributed by atoms with E-state index in [1.54, 1.807) is 13.0 Å². The van der Waals surface area contributed by atoms with E-state index < -0.39 is 23.5 Å². The number of hydrogen-bond acceptors (Lipinski definition) is 0. The molecule has 0 nitrogen and oxygen atoms in total. The molecule has 0 aromatic heterocycles. The van der Waals surface area contributed by atoms with Crippen molar-refractivity contribution in [2.75, 3.05) is 0 Å². The van der Waals surface area contributed by atoms with E-state index in [9.17, 15) is 26.3 Å². The van der Waals surface area contributed by atoms with Crippen LogP contribution in [0.25, 0.3) is 17.2 Å². The Morgan fingerprint density at radius 3 is 1.84 bits per heavy atom. The zero-order valence-corrected chi connectivity index (χ0v) is 13.4. The average Bonchev–Trinajstić information content (AvgIpc) is 2.84. The van der Waals surface area contributed by atoms with Crippen LogP contribution < -0.4 is 0 Å². The first-order chi connectivity index (χ1) is 11.4. The fraction of sp³-hybridized carbons (Fsp3) is 0.263. The summed E-state index contributed by atoms with van der Waals surface area (Å²) >= 11 is 0. The topological polar surface area (TPSA) is 0 Å². The van der Waals surface area contributed by atoms with Gasteiger partial charge < -0.3 is 0 Å². The zero-order chi connectivity index (χ0) is 18.6. The Labute approximate surface area is 140 Å². The third-order valence-electron chi connectivity index (χ3n) is 4.17. The highest BCUT2D eigenvalue weighted by Crippen LogP contribution is 2.41. The summed E-state index contributed by atoms with van der Waals surface area (Å²) in [7, 11) is 0. The van der Waals surface area contributed by atoms with Gasteiger partial charge in [-0.1, -0.05) is 29.3 Å². The van der Waals surface area contributed by atoms with E-state index in [1.165, 1.54) is 0 Å². The molecule has 0 saturated carbocycles. The summed E-state index contributed by atoms with van der Waals surface area (Å²) in [6, 6.07) is 5.26. The number of benzene rings is 2. The Morgan fingerprint density at radius 2 is 1.32 bits per heavy atom. The summed E-state index contributed by atoms with van der Waals surface area (Å²) in [5, 5.41) is 0. The van der Waals surface area contributed by atoms with E-state index >= 15 is 0 Å². The molecule has 0 radical (unpaired) electrons. The van der Waals surface area contributed by atoms with E-state index in [-0.39, 0.29) is 11.6 Å². The van der Waals surface area contributed by atoms with Crippen LogP contribution in [-0.2, 0) is 18.8 Å². The number of rotatable bonds is 1. The Bertz CT molecular complexity index is 836. The molecule has 0 saturated heterocycles. The molecular formula is C19H14F6. The van der Waals surface area contributed by atoms with Crippen molar-refractivity contribution in [2.24, 2.45) is 0 Å². The van der Waals surface area contributed by atoms with Gasteiger partial charge in [0.25, 0.3) is 0 Å². The van der Waals surface area contributed by atoms with Crippen LogP contribution in [0.1, 0.15) is 34.7 Å². The van der Waals surface area contributed by atoms with E-state index in [0.717, 1.165) is 28.8 Å². The van der Waals surface area contributed by atoms with E-state index in [0.29, 0.717) is 17.5 Å². The van der Waals surface area contributed by atoms with Crippen molar-refractivity contribution in [3.8, 4) is 11.1 Å². The molecule has 0 bridgehead atoms. The third kappa shape index (κ3) is 3.43. The van der Waals surface area contributed by atoms with Gasteiger partial charge in [-0.05, 0) is 60.7 Å². The van der Waals surface area contributed by atoms with Crippen LogP contribution in [0.2, 0.25) is 0 Å². The highest BCUT2D eigenvalue weighted by atomic mass is 19.4. The molecule has 0 aliphatic heterocycles. The first-order valence-corrected chi connectivity index (χ1v) is 7.56. The zero-order valence-electron chi connectivity index (χ0n) is 13.4. The molecule has 25 heavy (non-hydrogen) atoms. The van der Waals surface area contributed by atoms with Gasteiger partial charge in [0.05, 0.1) is 11.1 Å². The molecule has 0 spiro atoms. The largest absolute Gasteiger partial charge is 0.416 e. The fourth-order valence-electron chi connectivity index (χ4n) is 3.14. The van der Waals surface area contributed by atoms with Crippen LogP contribution in [0.4, 0.5) is 26.3 Å². The summed E-state index contributed by atoms with van der Waals surface area (Å²) in [5.74, 6) is 0. The second-order valence-electron chi connectivity index (χ2n) is 6.35. The van der Waals surface area contributed by atoms with Gasteiger partial charge in [0.15, 0.2) is 0 Å². The molecule has 1 aliphatic carbocycles. The van der Waals surface area contributed by atoms with Crippen LogP contribution in [-0.4, -0.2) is 0 Å². The normalized spacial score (nSPS) is 14.5. The lowest BCUT2D eigenvalue weighted by molar-refractivity contribution is -0.143. The van der Waals surface area contributed by atoms with Crippen LogP contribution >= 0.6 is 0 Å². The second kappa shape index (κ2) is 5.64. The van der Waals surface area contributed by atoms with Crippen molar-refractivity contribution in [2.45, 2.75) is 32.6 Å². The number of aryl methyl sites for hydroxylation is 1. The second-order valence-corrected chi connectivity index (χ2v) is 6.35. The number of hydrogen-bond donors (Lipinski definition) is 0. The van der Waals surface area contributed by atoms with Gasteiger partial charge in [0.1, 0.15) is 0 Å². The van der Waals surface area contributed by atoms with Crippen molar-refractivity contribution in [1.82, 2.24) is 0 Å². The molecule has 0 heterocycles. The molecule has 0 atom stereocenters. The van der Waals surface area contributed by atoms with Gasteiger partial charge in [-0.2, -0.15) is 26.3 Å². The van der Waals surface area contributed by atoms with Crippen LogP contribution in [0, 0.1) is 6.92 Å². The molecule has 0 fully saturated rings. The van der Waals surface area contributed by atoms with Crippen molar-refractivity contribution in [3.05, 3.63) is 63.7 Å². The van der Waals surface area contributed by atoms with Crippen molar-refractivity contribution >= 4 is 6.08 Å². The SMILES string of the molecule is CC1=Cc2c(cc(C)cc2-c2cc(C(F)(F)F)cc(C(F)(F)F)c2)C1. The highest BCUT2D eigenvalue weighted by molar-refractivity contribution is 5.82. The van der Waals surface area contributed by atoms with E-state index in [1.807, 2.05) is 19.1 Å². The molecule has 0 N–H and O–H groups in total. The predicted octanol–water partition coefficient (Wildman–Crippen LogP) is 6.66. The summed E-state index contributed by atoms with van der Waals surface area (Å²) in [4.78, 5) is 0. The molecule has 3 rings (SSSR count). The highest BCUT2D eigenvalue weighted by Gasteiger charge is 2.37. The lowest BCUT2D eigenvalue weighted by Crippen LogP contribution is -2.11. The van der Waals surface area contributed by atoms with Gasteiger partial charge >= 0.3 is 12.4 Å². The molecule has 132 valence electrons. The minimum absolute atomic E-state index is 0.0759. The molecule has 1 aliphatic rings. The van der Waals surface area contributed by atoms with Gasteiger partial charge in [-0.25, -0.2) is 0 Å². The van der Waals surface area contributed by atoms with Crippen molar-refractivity contribution < 1.29 is 26.3 Å². The Balaban J connectivity index is 2.29. The Hall–Kier alpha value is -2.24. The molecule has 2 aromatic rings. The number of alkyl halides is 6. The maximum absolute atomic E-state index is 13.1. The Morgan fingerprint density at radius 1 is 0.760 bits per heavy atom. The standard InChI is InChI=1S/C19H14F6/c1-10-3-12-4-11(2)6-17(16(12)5-10)13-7-14(18(20,21)22)9-15(8-13)19(23,24)25/h4-9H,3H2,1-2H3. The first kappa shape index (κ1) is 17.6. The van der Waals surface area contributed by atoms with Gasteiger partial charge in [0, 0.05) is 0 Å². The quantitative estimate of drug-likeness (QED) is 0.501. The average molecular weight is 356 g/mol. The van der Waals surface area contributed by atoms with E-state index in [2.05, 4.69) is 0 Å². The van der Waals surface area contributed by atoms with Gasteiger partial charge in [0.2, 0.25) is 0 Å². The molecule has 0 amide bonds. The lowest BCUT2D eigenvalue weighted by Gasteiger charge is -2.16. The third-order valence-corrected chi connectivity index (χ3v) is 4.17. The number of fused-ring (bicyclic) bond motifs is 1. The minimum atomic E-state index is -4.85. The molecule has 2 aromatic carbocycles. The molecule has 0 unspecified atom stereocenters. The van der Waals surface area contributed by atoms with Crippen LogP contribution in [0.15, 0.2) is 35.9 Å². The first-order valence-electron chi connectivity index (χ1n) is 7.56. The van der Waals surface area contributed by atoms with Gasteiger partial charge in [-0.3, -0.25) is 0 Å². The van der Waals surface area contributed by atoms with Gasteiger partial charge in [-0.15, -0.1) is 0 Å². The maximum atomic E-state index is 13.1. The summed E-state index contributed by atoms with van der Waals surface area (Å²) in [6.45, 7) is 3.65. The number of halogens is 6.